The maximum Gasteiger partial charge on any atom is 0.131 e. The van der Waals surface area contributed by atoms with Gasteiger partial charge < -0.3 is 10.3 Å². The Morgan fingerprint density at radius 1 is 1.25 bits per heavy atom. The highest BCUT2D eigenvalue weighted by Gasteiger charge is 2.16. The van der Waals surface area contributed by atoms with Gasteiger partial charge in [0.2, 0.25) is 0 Å². The number of nitrogens with one attached hydrogen (secondary N) is 2. The van der Waals surface area contributed by atoms with E-state index in [0.717, 1.165) is 17.2 Å². The van der Waals surface area contributed by atoms with Crippen LogP contribution >= 0.6 is 12.2 Å². The maximum atomic E-state index is 12.8. The first-order valence-corrected chi connectivity index (χ1v) is 6.85. The first-order valence-electron chi connectivity index (χ1n) is 6.45. The second kappa shape index (κ2) is 5.71. The van der Waals surface area contributed by atoms with Crippen molar-refractivity contribution in [2.45, 2.75) is 32.7 Å². The highest BCUT2D eigenvalue weighted by molar-refractivity contribution is 7.71. The van der Waals surface area contributed by atoms with Gasteiger partial charge in [-0.15, -0.1) is 0 Å². The molecular formula is C15H18FN3S. The summed E-state index contributed by atoms with van der Waals surface area (Å²) >= 11 is 5.18. The molecule has 0 amide bonds. The predicted octanol–water partition coefficient (Wildman–Crippen LogP) is 4.19. The van der Waals surface area contributed by atoms with Gasteiger partial charge in [0.15, 0.2) is 0 Å². The van der Waals surface area contributed by atoms with E-state index in [1.165, 1.54) is 12.1 Å². The van der Waals surface area contributed by atoms with Crippen LogP contribution in [0, 0.1) is 10.5 Å². The number of rotatable bonds is 3. The highest BCUT2D eigenvalue weighted by Crippen LogP contribution is 2.19. The van der Waals surface area contributed by atoms with Gasteiger partial charge in [-0.3, -0.25) is 0 Å². The van der Waals surface area contributed by atoms with E-state index in [4.69, 9.17) is 12.2 Å². The quantitative estimate of drug-likeness (QED) is 0.833. The Kier molecular flexibility index (Phi) is 4.18. The van der Waals surface area contributed by atoms with E-state index < -0.39 is 0 Å². The summed E-state index contributed by atoms with van der Waals surface area (Å²) in [5.41, 5.74) is 0.904. The molecule has 2 aromatic rings. The van der Waals surface area contributed by atoms with Crippen LogP contribution in [-0.2, 0) is 12.0 Å². The molecule has 0 unspecified atom stereocenters. The normalized spacial score (nSPS) is 11.4. The van der Waals surface area contributed by atoms with Crippen LogP contribution in [0.5, 0.6) is 0 Å². The van der Waals surface area contributed by atoms with Crippen LogP contribution in [0.4, 0.5) is 10.2 Å². The van der Waals surface area contributed by atoms with Gasteiger partial charge in [0, 0.05) is 18.0 Å². The molecule has 0 fully saturated rings. The Balaban J connectivity index is 2.15. The summed E-state index contributed by atoms with van der Waals surface area (Å²) in [6.45, 7) is 6.82. The third kappa shape index (κ3) is 3.87. The van der Waals surface area contributed by atoms with E-state index in [0.29, 0.717) is 11.2 Å². The SMILES string of the molecule is CC(C)(C)c1nc(=S)cc(NCc2ccc(F)cc2)[nH]1. The lowest BCUT2D eigenvalue weighted by Crippen LogP contribution is -2.17. The summed E-state index contributed by atoms with van der Waals surface area (Å²) in [6, 6.07) is 8.19. The van der Waals surface area contributed by atoms with Crippen molar-refractivity contribution in [1.82, 2.24) is 9.97 Å². The van der Waals surface area contributed by atoms with Gasteiger partial charge in [-0.05, 0) is 17.7 Å². The van der Waals surface area contributed by atoms with Gasteiger partial charge in [0.25, 0.3) is 0 Å². The van der Waals surface area contributed by atoms with E-state index in [1.54, 1.807) is 18.2 Å². The molecule has 0 radical (unpaired) electrons. The zero-order valence-electron chi connectivity index (χ0n) is 11.8. The minimum absolute atomic E-state index is 0.0961. The highest BCUT2D eigenvalue weighted by atomic mass is 32.1. The molecule has 0 aliphatic heterocycles. The molecule has 1 aromatic heterocycles. The Labute approximate surface area is 123 Å². The van der Waals surface area contributed by atoms with Crippen LogP contribution in [-0.4, -0.2) is 9.97 Å². The van der Waals surface area contributed by atoms with Crippen LogP contribution < -0.4 is 5.32 Å². The van der Waals surface area contributed by atoms with Crippen molar-refractivity contribution in [3.8, 4) is 0 Å². The van der Waals surface area contributed by atoms with Gasteiger partial charge in [-0.1, -0.05) is 45.1 Å². The number of hydrogen-bond acceptors (Lipinski definition) is 3. The summed E-state index contributed by atoms with van der Waals surface area (Å²) in [5, 5.41) is 3.25. The van der Waals surface area contributed by atoms with E-state index in [2.05, 4.69) is 36.1 Å². The largest absolute Gasteiger partial charge is 0.367 e. The summed E-state index contributed by atoms with van der Waals surface area (Å²) in [7, 11) is 0. The number of nitrogens with zero attached hydrogens (tertiary/aromatic N) is 1. The van der Waals surface area contributed by atoms with E-state index in [9.17, 15) is 4.39 Å². The van der Waals surface area contributed by atoms with Crippen molar-refractivity contribution in [2.75, 3.05) is 5.32 Å². The lowest BCUT2D eigenvalue weighted by Gasteiger charge is -2.18. The molecule has 20 heavy (non-hydrogen) atoms. The second-order valence-corrected chi connectivity index (χ2v) is 6.13. The third-order valence-corrected chi connectivity index (χ3v) is 3.06. The fraction of sp³-hybridized carbons (Fsp3) is 0.333. The summed E-state index contributed by atoms with van der Waals surface area (Å²) < 4.78 is 13.4. The first kappa shape index (κ1) is 14.7. The van der Waals surface area contributed by atoms with Crippen molar-refractivity contribution in [2.24, 2.45) is 0 Å². The van der Waals surface area contributed by atoms with Crippen molar-refractivity contribution in [1.29, 1.82) is 0 Å². The molecule has 106 valence electrons. The minimum atomic E-state index is -0.230. The Morgan fingerprint density at radius 3 is 2.50 bits per heavy atom. The van der Waals surface area contributed by atoms with Gasteiger partial charge in [0.05, 0.1) is 0 Å². The van der Waals surface area contributed by atoms with Crippen molar-refractivity contribution in [3.05, 3.63) is 52.2 Å². The van der Waals surface area contributed by atoms with Crippen molar-refractivity contribution >= 4 is 18.0 Å². The topological polar surface area (TPSA) is 40.7 Å². The zero-order chi connectivity index (χ0) is 14.8. The maximum absolute atomic E-state index is 12.8. The monoisotopic (exact) mass is 291 g/mol. The number of hydrogen-bond donors (Lipinski definition) is 2. The molecule has 0 saturated heterocycles. The molecule has 2 N–H and O–H groups in total. The summed E-state index contributed by atoms with van der Waals surface area (Å²) in [4.78, 5) is 7.59. The molecule has 0 aliphatic carbocycles. The van der Waals surface area contributed by atoms with E-state index in [1.807, 2.05) is 0 Å². The smallest absolute Gasteiger partial charge is 0.131 e. The number of benzene rings is 1. The molecular weight excluding hydrogens is 273 g/mol. The van der Waals surface area contributed by atoms with Crippen LogP contribution in [0.25, 0.3) is 0 Å². The number of halogens is 1. The molecule has 3 nitrogen and oxygen atoms in total. The van der Waals surface area contributed by atoms with Gasteiger partial charge in [0.1, 0.15) is 22.1 Å². The van der Waals surface area contributed by atoms with Crippen LogP contribution in [0.1, 0.15) is 32.2 Å². The van der Waals surface area contributed by atoms with Crippen molar-refractivity contribution < 1.29 is 4.39 Å². The fourth-order valence-electron chi connectivity index (χ4n) is 1.71. The minimum Gasteiger partial charge on any atom is -0.367 e. The van der Waals surface area contributed by atoms with Gasteiger partial charge in [-0.2, -0.15) is 0 Å². The van der Waals surface area contributed by atoms with Gasteiger partial charge >= 0.3 is 0 Å². The molecule has 0 aliphatic rings. The Hall–Kier alpha value is -1.75. The van der Waals surface area contributed by atoms with Crippen LogP contribution in [0.3, 0.4) is 0 Å². The third-order valence-electron chi connectivity index (χ3n) is 2.85. The summed E-state index contributed by atoms with van der Waals surface area (Å²) in [5.74, 6) is 1.43. The molecule has 2 rings (SSSR count). The Morgan fingerprint density at radius 2 is 1.90 bits per heavy atom. The molecule has 0 spiro atoms. The molecule has 0 atom stereocenters. The average molecular weight is 291 g/mol. The molecule has 1 heterocycles. The number of aromatic nitrogens is 2. The van der Waals surface area contributed by atoms with Crippen LogP contribution in [0.2, 0.25) is 0 Å². The van der Waals surface area contributed by atoms with Gasteiger partial charge in [-0.25, -0.2) is 9.37 Å². The first-order chi connectivity index (χ1) is 9.34. The molecule has 1 aromatic carbocycles. The van der Waals surface area contributed by atoms with Crippen LogP contribution in [0.15, 0.2) is 30.3 Å². The molecule has 0 saturated carbocycles. The standard InChI is InChI=1S/C15H18FN3S/c1-15(2,3)14-18-12(8-13(20)19-14)17-9-10-4-6-11(16)7-5-10/h4-8H,9H2,1-3H3,(H2,17,18,19,20). The molecule has 5 heteroatoms. The summed E-state index contributed by atoms with van der Waals surface area (Å²) in [6.07, 6.45) is 0. The molecule has 0 bridgehead atoms. The second-order valence-electron chi connectivity index (χ2n) is 5.71. The number of anilines is 1. The Bertz CT molecular complexity index is 641. The zero-order valence-corrected chi connectivity index (χ0v) is 12.6. The van der Waals surface area contributed by atoms with E-state index in [-0.39, 0.29) is 11.2 Å². The van der Waals surface area contributed by atoms with E-state index >= 15 is 0 Å². The average Bonchev–Trinajstić information content (AvgIpc) is 2.36. The lowest BCUT2D eigenvalue weighted by molar-refractivity contribution is 0.545. The fourth-order valence-corrected chi connectivity index (χ4v) is 1.92. The number of aromatic amines is 1. The predicted molar refractivity (Wildman–Crippen MR) is 81.8 cm³/mol. The number of H-pyrrole nitrogens is 1. The van der Waals surface area contributed by atoms with Crippen molar-refractivity contribution in [3.63, 3.8) is 0 Å². The lowest BCUT2D eigenvalue weighted by atomic mass is 9.96.